The molecule has 3 nitrogen and oxygen atoms in total. The first-order valence-corrected chi connectivity index (χ1v) is 4.51. The van der Waals surface area contributed by atoms with Crippen LogP contribution in [0.5, 0.6) is 0 Å². The first-order chi connectivity index (χ1) is 6.29. The van der Waals surface area contributed by atoms with Crippen LogP contribution in [0.25, 0.3) is 0 Å². The molecule has 0 radical (unpaired) electrons. The Balaban J connectivity index is 2.42. The fourth-order valence-corrected chi connectivity index (χ4v) is 1.71. The Kier molecular flexibility index (Phi) is 2.00. The maximum absolute atomic E-state index is 11.2. The second kappa shape index (κ2) is 3.17. The van der Waals surface area contributed by atoms with Crippen LogP contribution in [0.4, 0.5) is 5.82 Å². The Bertz CT molecular complexity index is 335. The molecule has 0 N–H and O–H groups in total. The van der Waals surface area contributed by atoms with Gasteiger partial charge in [0, 0.05) is 19.7 Å². The van der Waals surface area contributed by atoms with Crippen LogP contribution in [0.3, 0.4) is 0 Å². The topological polar surface area (TPSA) is 33.2 Å². The monoisotopic (exact) mass is 176 g/mol. The summed E-state index contributed by atoms with van der Waals surface area (Å²) >= 11 is 0. The number of anilines is 1. The van der Waals surface area contributed by atoms with Crippen molar-refractivity contribution in [1.29, 1.82) is 0 Å². The molecule has 3 heteroatoms. The fourth-order valence-electron chi connectivity index (χ4n) is 1.71. The maximum Gasteiger partial charge on any atom is 0.225 e. The Labute approximate surface area is 77.4 Å². The van der Waals surface area contributed by atoms with Gasteiger partial charge < -0.3 is 0 Å². The lowest BCUT2D eigenvalue weighted by molar-refractivity contribution is -0.116. The smallest absolute Gasteiger partial charge is 0.225 e. The van der Waals surface area contributed by atoms with Gasteiger partial charge in [0.2, 0.25) is 5.91 Å². The Hall–Kier alpha value is -1.38. The summed E-state index contributed by atoms with van der Waals surface area (Å²) < 4.78 is 0. The van der Waals surface area contributed by atoms with Crippen LogP contribution < -0.4 is 4.90 Å². The van der Waals surface area contributed by atoms with Crippen LogP contribution in [0.1, 0.15) is 18.9 Å². The Morgan fingerprint density at radius 1 is 1.62 bits per heavy atom. The van der Waals surface area contributed by atoms with Crippen LogP contribution >= 0.6 is 0 Å². The predicted octanol–water partition coefficient (Wildman–Crippen LogP) is 1.38. The third kappa shape index (κ3) is 1.41. The minimum absolute atomic E-state index is 0.0830. The summed E-state index contributed by atoms with van der Waals surface area (Å²) in [4.78, 5) is 17.2. The Morgan fingerprint density at radius 2 is 2.46 bits per heavy atom. The zero-order valence-electron chi connectivity index (χ0n) is 7.66. The second-order valence-corrected chi connectivity index (χ2v) is 3.26. The van der Waals surface area contributed by atoms with Crippen molar-refractivity contribution in [3.63, 3.8) is 0 Å². The van der Waals surface area contributed by atoms with Gasteiger partial charge in [0.25, 0.3) is 0 Å². The van der Waals surface area contributed by atoms with Crippen LogP contribution in [-0.2, 0) is 11.2 Å². The SMILES string of the molecule is CC(=O)N1CCCc2cccnc21. The maximum atomic E-state index is 11.2. The molecule has 2 rings (SSSR count). The predicted molar refractivity (Wildman–Crippen MR) is 50.6 cm³/mol. The minimum Gasteiger partial charge on any atom is -0.297 e. The van der Waals surface area contributed by atoms with Crippen molar-refractivity contribution in [2.45, 2.75) is 19.8 Å². The van der Waals surface area contributed by atoms with Crippen molar-refractivity contribution >= 4 is 11.7 Å². The highest BCUT2D eigenvalue weighted by atomic mass is 16.2. The van der Waals surface area contributed by atoms with Gasteiger partial charge in [0.15, 0.2) is 0 Å². The van der Waals surface area contributed by atoms with Gasteiger partial charge in [0.1, 0.15) is 5.82 Å². The number of carbonyl (C=O) groups excluding carboxylic acids is 1. The number of nitrogens with zero attached hydrogens (tertiary/aromatic N) is 2. The molecule has 68 valence electrons. The van der Waals surface area contributed by atoms with Crippen LogP contribution in [-0.4, -0.2) is 17.4 Å². The molecule has 1 aliphatic heterocycles. The number of amides is 1. The normalized spacial score (nSPS) is 15.3. The molecule has 0 aliphatic carbocycles. The molecule has 1 amide bonds. The second-order valence-electron chi connectivity index (χ2n) is 3.26. The highest BCUT2D eigenvalue weighted by Crippen LogP contribution is 2.23. The average Bonchev–Trinajstić information content (AvgIpc) is 2.17. The van der Waals surface area contributed by atoms with E-state index < -0.39 is 0 Å². The van der Waals surface area contributed by atoms with Crippen molar-refractivity contribution in [2.24, 2.45) is 0 Å². The van der Waals surface area contributed by atoms with Crippen LogP contribution in [0.2, 0.25) is 0 Å². The number of aryl methyl sites for hydroxylation is 1. The Morgan fingerprint density at radius 3 is 3.23 bits per heavy atom. The van der Waals surface area contributed by atoms with Gasteiger partial charge in [-0.2, -0.15) is 0 Å². The molecule has 0 spiro atoms. The van der Waals surface area contributed by atoms with E-state index in [1.54, 1.807) is 18.0 Å². The number of aromatic nitrogens is 1. The molecule has 1 aliphatic rings. The molecule has 0 saturated carbocycles. The van der Waals surface area contributed by atoms with E-state index in [1.165, 1.54) is 5.56 Å². The molecular formula is C10H12N2O. The molecule has 1 aromatic heterocycles. The van der Waals surface area contributed by atoms with E-state index in [4.69, 9.17) is 0 Å². The van der Waals surface area contributed by atoms with Gasteiger partial charge in [-0.15, -0.1) is 0 Å². The first-order valence-electron chi connectivity index (χ1n) is 4.51. The van der Waals surface area contributed by atoms with E-state index in [9.17, 15) is 4.79 Å². The highest BCUT2D eigenvalue weighted by Gasteiger charge is 2.20. The van der Waals surface area contributed by atoms with E-state index in [2.05, 4.69) is 4.98 Å². The number of hydrogen-bond donors (Lipinski definition) is 0. The van der Waals surface area contributed by atoms with Gasteiger partial charge >= 0.3 is 0 Å². The molecule has 1 aromatic rings. The third-order valence-corrected chi connectivity index (χ3v) is 2.33. The van der Waals surface area contributed by atoms with E-state index in [0.29, 0.717) is 0 Å². The van der Waals surface area contributed by atoms with Gasteiger partial charge in [-0.25, -0.2) is 4.98 Å². The molecule has 0 bridgehead atoms. The lowest BCUT2D eigenvalue weighted by Gasteiger charge is -2.26. The van der Waals surface area contributed by atoms with E-state index in [0.717, 1.165) is 25.2 Å². The van der Waals surface area contributed by atoms with E-state index >= 15 is 0 Å². The van der Waals surface area contributed by atoms with Crippen molar-refractivity contribution in [3.8, 4) is 0 Å². The standard InChI is InChI=1S/C10H12N2O/c1-8(13)12-7-3-5-9-4-2-6-11-10(9)12/h2,4,6H,3,5,7H2,1H3. The summed E-state index contributed by atoms with van der Waals surface area (Å²) in [6, 6.07) is 3.96. The van der Waals surface area contributed by atoms with E-state index in [1.807, 2.05) is 12.1 Å². The molecule has 0 aromatic carbocycles. The largest absolute Gasteiger partial charge is 0.297 e. The minimum atomic E-state index is 0.0830. The number of hydrogen-bond acceptors (Lipinski definition) is 2. The number of fused-ring (bicyclic) bond motifs is 1. The van der Waals surface area contributed by atoms with Crippen molar-refractivity contribution in [1.82, 2.24) is 4.98 Å². The fraction of sp³-hybridized carbons (Fsp3) is 0.400. The van der Waals surface area contributed by atoms with Crippen LogP contribution in [0.15, 0.2) is 18.3 Å². The zero-order chi connectivity index (χ0) is 9.26. The first kappa shape index (κ1) is 8.23. The summed E-state index contributed by atoms with van der Waals surface area (Å²) in [5, 5.41) is 0. The third-order valence-electron chi connectivity index (χ3n) is 2.33. The number of rotatable bonds is 0. The quantitative estimate of drug-likeness (QED) is 0.598. The summed E-state index contributed by atoms with van der Waals surface area (Å²) in [5.74, 6) is 0.931. The van der Waals surface area contributed by atoms with Gasteiger partial charge in [0.05, 0.1) is 0 Å². The molecular weight excluding hydrogens is 164 g/mol. The molecule has 2 heterocycles. The average molecular weight is 176 g/mol. The summed E-state index contributed by atoms with van der Waals surface area (Å²) in [7, 11) is 0. The molecule has 13 heavy (non-hydrogen) atoms. The van der Waals surface area contributed by atoms with Crippen molar-refractivity contribution in [3.05, 3.63) is 23.9 Å². The number of carbonyl (C=O) groups is 1. The zero-order valence-corrected chi connectivity index (χ0v) is 7.66. The summed E-state index contributed by atoms with van der Waals surface area (Å²) in [6.45, 7) is 2.39. The number of pyridine rings is 1. The summed E-state index contributed by atoms with van der Waals surface area (Å²) in [5.41, 5.74) is 1.18. The highest BCUT2D eigenvalue weighted by molar-refractivity contribution is 5.91. The lowest BCUT2D eigenvalue weighted by atomic mass is 10.1. The summed E-state index contributed by atoms with van der Waals surface area (Å²) in [6.07, 6.45) is 3.81. The van der Waals surface area contributed by atoms with Crippen molar-refractivity contribution < 1.29 is 4.79 Å². The molecule has 0 unspecified atom stereocenters. The molecule has 0 saturated heterocycles. The van der Waals surface area contributed by atoms with Crippen LogP contribution in [0, 0.1) is 0 Å². The molecule has 0 fully saturated rings. The van der Waals surface area contributed by atoms with Gasteiger partial charge in [-0.05, 0) is 24.5 Å². The lowest BCUT2D eigenvalue weighted by Crippen LogP contribution is -2.34. The van der Waals surface area contributed by atoms with Crippen molar-refractivity contribution in [2.75, 3.05) is 11.4 Å². The van der Waals surface area contributed by atoms with E-state index in [-0.39, 0.29) is 5.91 Å². The van der Waals surface area contributed by atoms with Gasteiger partial charge in [-0.3, -0.25) is 9.69 Å². The molecule has 0 atom stereocenters. The van der Waals surface area contributed by atoms with Gasteiger partial charge in [-0.1, -0.05) is 6.07 Å².